The lowest BCUT2D eigenvalue weighted by molar-refractivity contribution is 0.0933. The summed E-state index contributed by atoms with van der Waals surface area (Å²) in [6.07, 6.45) is 3.21. The zero-order chi connectivity index (χ0) is 12.0. The smallest absolute Gasteiger partial charge is 0.270 e. The van der Waals surface area contributed by atoms with Crippen molar-refractivity contribution in [3.63, 3.8) is 0 Å². The fourth-order valence-corrected chi connectivity index (χ4v) is 1.53. The van der Waals surface area contributed by atoms with E-state index in [1.54, 1.807) is 12.1 Å². The van der Waals surface area contributed by atoms with Crippen LogP contribution in [0.1, 0.15) is 30.3 Å². The molecule has 0 aliphatic heterocycles. The molecular weight excluding hydrogens is 247 g/mol. The zero-order valence-electron chi connectivity index (χ0n) is 9.04. The molecule has 0 spiro atoms. The van der Waals surface area contributed by atoms with Crippen LogP contribution in [0.25, 0.3) is 0 Å². The predicted octanol–water partition coefficient (Wildman–Crippen LogP) is 2.87. The van der Waals surface area contributed by atoms with E-state index in [2.05, 4.69) is 10.3 Å². The van der Waals surface area contributed by atoms with Gasteiger partial charge in [0, 0.05) is 18.1 Å². The van der Waals surface area contributed by atoms with E-state index >= 15 is 0 Å². The van der Waals surface area contributed by atoms with E-state index in [4.69, 9.17) is 23.2 Å². The zero-order valence-corrected chi connectivity index (χ0v) is 10.6. The highest BCUT2D eigenvalue weighted by molar-refractivity contribution is 6.30. The number of alkyl halides is 1. The first-order valence-corrected chi connectivity index (χ1v) is 6.03. The average Bonchev–Trinajstić information content (AvgIpc) is 2.27. The van der Waals surface area contributed by atoms with Crippen molar-refractivity contribution in [1.29, 1.82) is 0 Å². The number of carbonyl (C=O) groups is 1. The Morgan fingerprint density at radius 3 is 2.88 bits per heavy atom. The van der Waals surface area contributed by atoms with Crippen LogP contribution in [0, 0.1) is 0 Å². The van der Waals surface area contributed by atoms with Crippen molar-refractivity contribution in [1.82, 2.24) is 10.3 Å². The number of nitrogens with one attached hydrogen (secondary N) is 1. The minimum atomic E-state index is -0.182. The monoisotopic (exact) mass is 260 g/mol. The van der Waals surface area contributed by atoms with Gasteiger partial charge in [-0.15, -0.1) is 11.6 Å². The Morgan fingerprint density at radius 1 is 1.56 bits per heavy atom. The summed E-state index contributed by atoms with van der Waals surface area (Å²) in [7, 11) is 0. The van der Waals surface area contributed by atoms with Gasteiger partial charge >= 0.3 is 0 Å². The van der Waals surface area contributed by atoms with Gasteiger partial charge < -0.3 is 5.32 Å². The molecule has 1 aromatic rings. The van der Waals surface area contributed by atoms with Crippen LogP contribution in [0.4, 0.5) is 0 Å². The third kappa shape index (κ3) is 4.37. The molecule has 88 valence electrons. The fourth-order valence-electron chi connectivity index (χ4n) is 1.26. The van der Waals surface area contributed by atoms with E-state index in [1.165, 1.54) is 6.20 Å². The molecule has 3 nitrogen and oxygen atoms in total. The molecule has 1 unspecified atom stereocenters. The summed E-state index contributed by atoms with van der Waals surface area (Å²) in [5.41, 5.74) is 0.377. The van der Waals surface area contributed by atoms with Crippen molar-refractivity contribution in [2.24, 2.45) is 0 Å². The van der Waals surface area contributed by atoms with Crippen molar-refractivity contribution in [2.45, 2.75) is 25.8 Å². The lowest BCUT2D eigenvalue weighted by Gasteiger charge is -2.12. The van der Waals surface area contributed by atoms with Gasteiger partial charge in [-0.05, 0) is 31.9 Å². The summed E-state index contributed by atoms with van der Waals surface area (Å²) >= 11 is 11.3. The number of hydrogen-bond donors (Lipinski definition) is 1. The standard InChI is InChI=1S/C11H14Cl2N2O/c1-8(3-2-6-12)15-11(16)10-5-4-9(13)7-14-10/h4-5,7-8H,2-3,6H2,1H3,(H,15,16). The quantitative estimate of drug-likeness (QED) is 0.828. The minimum absolute atomic E-state index is 0.101. The molecule has 0 saturated heterocycles. The number of nitrogens with zero attached hydrogens (tertiary/aromatic N) is 1. The van der Waals surface area contributed by atoms with Crippen molar-refractivity contribution in [3.8, 4) is 0 Å². The van der Waals surface area contributed by atoms with Crippen molar-refractivity contribution in [2.75, 3.05) is 5.88 Å². The third-order valence-corrected chi connectivity index (χ3v) is 2.60. The van der Waals surface area contributed by atoms with E-state index in [-0.39, 0.29) is 11.9 Å². The lowest BCUT2D eigenvalue weighted by Crippen LogP contribution is -2.33. The highest BCUT2D eigenvalue weighted by Gasteiger charge is 2.10. The Labute approximate surface area is 105 Å². The molecule has 1 heterocycles. The number of aromatic nitrogens is 1. The van der Waals surface area contributed by atoms with Gasteiger partial charge in [-0.2, -0.15) is 0 Å². The maximum absolute atomic E-state index is 11.7. The Kier molecular flexibility index (Phi) is 5.56. The highest BCUT2D eigenvalue weighted by Crippen LogP contribution is 2.06. The molecule has 0 aromatic carbocycles. The second kappa shape index (κ2) is 6.71. The molecule has 1 amide bonds. The van der Waals surface area contributed by atoms with Crippen LogP contribution in [0.5, 0.6) is 0 Å². The van der Waals surface area contributed by atoms with Crippen LogP contribution in [-0.2, 0) is 0 Å². The number of hydrogen-bond acceptors (Lipinski definition) is 2. The van der Waals surface area contributed by atoms with Gasteiger partial charge in [-0.1, -0.05) is 11.6 Å². The van der Waals surface area contributed by atoms with Gasteiger partial charge in [0.05, 0.1) is 5.02 Å². The first kappa shape index (κ1) is 13.3. The lowest BCUT2D eigenvalue weighted by atomic mass is 10.2. The Morgan fingerprint density at radius 2 is 2.31 bits per heavy atom. The normalized spacial score (nSPS) is 12.2. The first-order valence-electron chi connectivity index (χ1n) is 5.12. The molecule has 0 bridgehead atoms. The molecule has 1 aromatic heterocycles. The average molecular weight is 261 g/mol. The molecule has 1 atom stereocenters. The van der Waals surface area contributed by atoms with Crippen LogP contribution in [0.3, 0.4) is 0 Å². The summed E-state index contributed by atoms with van der Waals surface area (Å²) in [6.45, 7) is 1.94. The summed E-state index contributed by atoms with van der Waals surface area (Å²) in [5, 5.41) is 3.37. The van der Waals surface area contributed by atoms with E-state index in [1.807, 2.05) is 6.92 Å². The molecule has 0 aliphatic carbocycles. The summed E-state index contributed by atoms with van der Waals surface area (Å²) in [4.78, 5) is 15.6. The van der Waals surface area contributed by atoms with Gasteiger partial charge in [0.25, 0.3) is 5.91 Å². The Hall–Kier alpha value is -0.800. The van der Waals surface area contributed by atoms with Crippen molar-refractivity contribution in [3.05, 3.63) is 29.0 Å². The molecule has 1 N–H and O–H groups in total. The van der Waals surface area contributed by atoms with E-state index < -0.39 is 0 Å². The van der Waals surface area contributed by atoms with Crippen LogP contribution < -0.4 is 5.32 Å². The minimum Gasteiger partial charge on any atom is -0.348 e. The first-order chi connectivity index (χ1) is 7.63. The van der Waals surface area contributed by atoms with E-state index in [0.29, 0.717) is 16.6 Å². The van der Waals surface area contributed by atoms with Crippen LogP contribution >= 0.6 is 23.2 Å². The molecule has 0 fully saturated rings. The summed E-state index contributed by atoms with van der Waals surface area (Å²) in [6, 6.07) is 3.35. The maximum Gasteiger partial charge on any atom is 0.270 e. The fraction of sp³-hybridized carbons (Fsp3) is 0.455. The number of halogens is 2. The van der Waals surface area contributed by atoms with Gasteiger partial charge in [0.15, 0.2) is 0 Å². The summed E-state index contributed by atoms with van der Waals surface area (Å²) in [5.74, 6) is 0.429. The molecule has 0 saturated carbocycles. The molecular formula is C11H14Cl2N2O. The van der Waals surface area contributed by atoms with Crippen molar-refractivity contribution < 1.29 is 4.79 Å². The maximum atomic E-state index is 11.7. The second-order valence-corrected chi connectivity index (χ2v) is 4.38. The molecule has 0 radical (unpaired) electrons. The third-order valence-electron chi connectivity index (χ3n) is 2.11. The van der Waals surface area contributed by atoms with E-state index in [0.717, 1.165) is 12.8 Å². The van der Waals surface area contributed by atoms with Crippen LogP contribution in [0.2, 0.25) is 5.02 Å². The molecule has 1 rings (SSSR count). The van der Waals surface area contributed by atoms with Gasteiger partial charge in [-0.3, -0.25) is 4.79 Å². The SMILES string of the molecule is CC(CCCCl)NC(=O)c1ccc(Cl)cn1. The van der Waals surface area contributed by atoms with E-state index in [9.17, 15) is 4.79 Å². The van der Waals surface area contributed by atoms with Crippen LogP contribution in [0.15, 0.2) is 18.3 Å². The van der Waals surface area contributed by atoms with Crippen LogP contribution in [-0.4, -0.2) is 22.8 Å². The van der Waals surface area contributed by atoms with Gasteiger partial charge in [0.2, 0.25) is 0 Å². The topological polar surface area (TPSA) is 42.0 Å². The number of carbonyl (C=O) groups excluding carboxylic acids is 1. The highest BCUT2D eigenvalue weighted by atomic mass is 35.5. The number of pyridine rings is 1. The number of rotatable bonds is 5. The predicted molar refractivity (Wildman–Crippen MR) is 66.1 cm³/mol. The molecule has 5 heteroatoms. The summed E-state index contributed by atoms with van der Waals surface area (Å²) < 4.78 is 0. The second-order valence-electron chi connectivity index (χ2n) is 3.57. The van der Waals surface area contributed by atoms with Gasteiger partial charge in [0.1, 0.15) is 5.69 Å². The molecule has 16 heavy (non-hydrogen) atoms. The Bertz CT molecular complexity index is 340. The Balaban J connectivity index is 2.48. The van der Waals surface area contributed by atoms with Crippen molar-refractivity contribution >= 4 is 29.1 Å². The largest absolute Gasteiger partial charge is 0.348 e. The molecule has 0 aliphatic rings. The number of amides is 1. The van der Waals surface area contributed by atoms with Gasteiger partial charge in [-0.25, -0.2) is 4.98 Å².